The Kier molecular flexibility index (Phi) is 10.2. The number of rotatable bonds is 7. The van der Waals surface area contributed by atoms with E-state index in [-0.39, 0.29) is 31.3 Å². The van der Waals surface area contributed by atoms with Crippen LogP contribution >= 0.6 is 0 Å². The molecule has 0 amide bonds. The van der Waals surface area contributed by atoms with Crippen molar-refractivity contribution >= 4 is 18.2 Å². The van der Waals surface area contributed by atoms with Crippen LogP contribution in [0.2, 0.25) is 0 Å². The van der Waals surface area contributed by atoms with Crippen molar-refractivity contribution in [1.29, 1.82) is 0 Å². The monoisotopic (exact) mass is 583 g/mol. The van der Waals surface area contributed by atoms with Crippen molar-refractivity contribution in [2.75, 3.05) is 19.8 Å². The van der Waals surface area contributed by atoms with E-state index < -0.39 is 33.6 Å². The average molecular weight is 584 g/mol. The van der Waals surface area contributed by atoms with Crippen LogP contribution in [0.15, 0.2) is 24.3 Å². The second-order valence-corrected chi connectivity index (χ2v) is 14.9. The van der Waals surface area contributed by atoms with Gasteiger partial charge in [-0.3, -0.25) is 0 Å². The highest BCUT2D eigenvalue weighted by Crippen LogP contribution is 2.41. The van der Waals surface area contributed by atoms with Gasteiger partial charge in [0.2, 0.25) is 0 Å². The number of hydrogen-bond donors (Lipinski definition) is 2. The number of carbonyl (C=O) groups excluding carboxylic acids is 2. The zero-order valence-corrected chi connectivity index (χ0v) is 27.4. The van der Waals surface area contributed by atoms with Gasteiger partial charge in [-0.2, -0.15) is 0 Å². The zero-order valence-electron chi connectivity index (χ0n) is 27.4. The minimum absolute atomic E-state index is 0.152. The molecule has 0 heterocycles. The molecule has 0 aromatic heterocycles. The Morgan fingerprint density at radius 1 is 0.667 bits per heavy atom. The van der Waals surface area contributed by atoms with Gasteiger partial charge in [0.25, 0.3) is 0 Å². The van der Waals surface area contributed by atoms with Crippen LogP contribution in [0.3, 0.4) is 0 Å². The molecule has 232 valence electrons. The molecule has 0 saturated heterocycles. The summed E-state index contributed by atoms with van der Waals surface area (Å²) in [5, 5.41) is 34.1. The molecule has 2 N–H and O–H groups in total. The highest BCUT2D eigenvalue weighted by molar-refractivity contribution is 5.91. The molecular weight excluding hydrogens is 534 g/mol. The molecule has 0 atom stereocenters. The molecule has 0 aliphatic carbocycles. The van der Waals surface area contributed by atoms with Crippen LogP contribution in [0.4, 0.5) is 0 Å². The van der Waals surface area contributed by atoms with E-state index in [1.165, 1.54) is 0 Å². The van der Waals surface area contributed by atoms with Crippen LogP contribution in [-0.2, 0) is 31.1 Å². The van der Waals surface area contributed by atoms with Gasteiger partial charge in [0.15, 0.2) is 26.0 Å². The second-order valence-electron chi connectivity index (χ2n) is 14.9. The SMILES string of the molecule is CC(C)(C)c1cc(C(=O)OC/C=[N+](\[O-])CCOC(=O)c2cc(C(C)(C)C)c(O)c(C(C)(C)C)c2)cc(C(C)(C)C)c1O. The molecule has 0 bridgehead atoms. The highest BCUT2D eigenvalue weighted by Gasteiger charge is 2.29. The van der Waals surface area contributed by atoms with E-state index >= 15 is 0 Å². The average Bonchev–Trinajstić information content (AvgIpc) is 2.81. The molecule has 8 heteroatoms. The molecule has 2 aromatic carbocycles. The van der Waals surface area contributed by atoms with Crippen molar-refractivity contribution in [2.24, 2.45) is 0 Å². The molecule has 0 radical (unpaired) electrons. The summed E-state index contributed by atoms with van der Waals surface area (Å²) in [7, 11) is 0. The van der Waals surface area contributed by atoms with Gasteiger partial charge in [0.05, 0.1) is 11.1 Å². The predicted octanol–water partition coefficient (Wildman–Crippen LogP) is 6.88. The van der Waals surface area contributed by atoms with Crippen molar-refractivity contribution in [2.45, 2.75) is 105 Å². The third-order valence-electron chi connectivity index (χ3n) is 6.96. The van der Waals surface area contributed by atoms with Crippen LogP contribution in [-0.4, -0.2) is 52.9 Å². The maximum absolute atomic E-state index is 12.9. The maximum Gasteiger partial charge on any atom is 0.338 e. The fourth-order valence-corrected chi connectivity index (χ4v) is 4.47. The summed E-state index contributed by atoms with van der Waals surface area (Å²) in [5.74, 6) is -0.880. The summed E-state index contributed by atoms with van der Waals surface area (Å²) < 4.78 is 11.2. The zero-order chi connectivity index (χ0) is 32.4. The number of hydroxylamine groups is 1. The first-order valence-corrected chi connectivity index (χ1v) is 14.3. The summed E-state index contributed by atoms with van der Waals surface area (Å²) >= 11 is 0. The van der Waals surface area contributed by atoms with E-state index in [9.17, 15) is 25.0 Å². The van der Waals surface area contributed by atoms with Crippen LogP contribution in [0.25, 0.3) is 0 Å². The van der Waals surface area contributed by atoms with Crippen molar-refractivity contribution in [1.82, 2.24) is 0 Å². The van der Waals surface area contributed by atoms with E-state index in [0.717, 1.165) is 6.21 Å². The normalized spacial score (nSPS) is 13.2. The number of esters is 2. The molecule has 2 aromatic rings. The standard InChI is InChI=1S/C34H49NO7/c1-31(2,3)23-17-21(18-24(27(23)36)32(4,5)6)29(38)41-15-13-35(40)14-16-42-30(39)22-19-25(33(7,8)9)28(37)26(20-22)34(10,11)12/h13,17-20,36-37H,14-16H2,1-12H3/b35-13-. The Morgan fingerprint density at radius 3 is 1.29 bits per heavy atom. The Morgan fingerprint density at radius 2 is 0.976 bits per heavy atom. The van der Waals surface area contributed by atoms with Gasteiger partial charge in [-0.25, -0.2) is 14.3 Å². The van der Waals surface area contributed by atoms with Gasteiger partial charge in [0, 0.05) is 22.3 Å². The molecule has 8 nitrogen and oxygen atoms in total. The van der Waals surface area contributed by atoms with Crippen LogP contribution in [0.1, 0.15) is 126 Å². The Bertz CT molecular complexity index is 1270. The number of benzene rings is 2. The highest BCUT2D eigenvalue weighted by atomic mass is 16.5. The van der Waals surface area contributed by atoms with Gasteiger partial charge in [-0.05, 0) is 45.9 Å². The number of phenols is 2. The molecule has 0 unspecified atom stereocenters. The molecule has 0 aliphatic rings. The summed E-state index contributed by atoms with van der Waals surface area (Å²) in [6.45, 7) is 22.8. The summed E-state index contributed by atoms with van der Waals surface area (Å²) in [5.41, 5.74) is 1.53. The van der Waals surface area contributed by atoms with Gasteiger partial charge in [0.1, 0.15) is 11.5 Å². The summed E-state index contributed by atoms with van der Waals surface area (Å²) in [6.07, 6.45) is 1.16. The van der Waals surface area contributed by atoms with Crippen molar-refractivity contribution in [3.8, 4) is 11.5 Å². The number of carbonyl (C=O) groups is 2. The lowest BCUT2D eigenvalue weighted by Gasteiger charge is -2.27. The quantitative estimate of drug-likeness (QED) is 0.120. The van der Waals surface area contributed by atoms with Gasteiger partial charge < -0.3 is 24.9 Å². The lowest BCUT2D eigenvalue weighted by atomic mass is 9.78. The molecular formula is C34H49NO7. The molecule has 42 heavy (non-hydrogen) atoms. The number of hydrogen-bond acceptors (Lipinski definition) is 7. The van der Waals surface area contributed by atoms with Crippen molar-refractivity contribution < 1.29 is 34.0 Å². The molecule has 0 saturated carbocycles. The molecule has 0 spiro atoms. The van der Waals surface area contributed by atoms with E-state index in [0.29, 0.717) is 38.1 Å². The van der Waals surface area contributed by atoms with E-state index in [4.69, 9.17) is 9.47 Å². The number of phenolic OH excluding ortho intramolecular Hbond substituents is 2. The van der Waals surface area contributed by atoms with Crippen LogP contribution < -0.4 is 0 Å². The third-order valence-corrected chi connectivity index (χ3v) is 6.96. The van der Waals surface area contributed by atoms with Crippen LogP contribution in [0, 0.1) is 5.21 Å². The molecule has 0 aliphatic heterocycles. The smallest absolute Gasteiger partial charge is 0.338 e. The van der Waals surface area contributed by atoms with E-state index in [1.54, 1.807) is 24.3 Å². The number of nitrogens with zero attached hydrogens (tertiary/aromatic N) is 1. The summed E-state index contributed by atoms with van der Waals surface area (Å²) in [4.78, 5) is 25.7. The second kappa shape index (κ2) is 12.4. The van der Waals surface area contributed by atoms with Gasteiger partial charge >= 0.3 is 11.9 Å². The van der Waals surface area contributed by atoms with E-state index in [2.05, 4.69) is 0 Å². The van der Waals surface area contributed by atoms with Crippen molar-refractivity contribution in [3.63, 3.8) is 0 Å². The summed E-state index contributed by atoms with van der Waals surface area (Å²) in [6, 6.07) is 6.52. The first kappa shape index (κ1) is 34.7. The van der Waals surface area contributed by atoms with Crippen molar-refractivity contribution in [3.05, 3.63) is 62.9 Å². The Hall–Kier alpha value is -3.55. The van der Waals surface area contributed by atoms with Gasteiger partial charge in [-0.15, -0.1) is 0 Å². The maximum atomic E-state index is 12.9. The molecule has 0 fully saturated rings. The molecule has 2 rings (SSSR count). The van der Waals surface area contributed by atoms with Gasteiger partial charge in [-0.1, -0.05) is 83.1 Å². The van der Waals surface area contributed by atoms with E-state index in [1.807, 2.05) is 83.1 Å². The number of ether oxygens (including phenoxy) is 2. The minimum atomic E-state index is -0.612. The van der Waals surface area contributed by atoms with Crippen LogP contribution in [0.5, 0.6) is 11.5 Å². The topological polar surface area (TPSA) is 119 Å². The first-order valence-electron chi connectivity index (χ1n) is 14.3. The fourth-order valence-electron chi connectivity index (χ4n) is 4.47. The lowest BCUT2D eigenvalue weighted by molar-refractivity contribution is -0.457. The predicted molar refractivity (Wildman–Crippen MR) is 166 cm³/mol. The first-order chi connectivity index (χ1) is 18.9. The lowest BCUT2D eigenvalue weighted by Crippen LogP contribution is -2.21. The number of aromatic hydroxyl groups is 2. The minimum Gasteiger partial charge on any atom is -0.624 e. The largest absolute Gasteiger partial charge is 0.624 e. The third kappa shape index (κ3) is 8.73. The Balaban J connectivity index is 2.09. The Labute approximate surface area is 251 Å². The fraction of sp³-hybridized carbons (Fsp3) is 0.559.